The molecule has 0 spiro atoms. The molecule has 1 amide bonds. The molecule has 0 unspecified atom stereocenters. The molecule has 0 atom stereocenters. The van der Waals surface area contributed by atoms with Gasteiger partial charge in [-0.2, -0.15) is 0 Å². The minimum atomic E-state index is -3.60. The van der Waals surface area contributed by atoms with Gasteiger partial charge >= 0.3 is 0 Å². The number of aromatic nitrogens is 1. The van der Waals surface area contributed by atoms with Crippen LogP contribution in [0.25, 0.3) is 10.2 Å². The largest absolute Gasteiger partial charge is 0.284 e. The maximum absolute atomic E-state index is 13.3. The quantitative estimate of drug-likeness (QED) is 0.275. The van der Waals surface area contributed by atoms with Gasteiger partial charge in [-0.25, -0.2) is 17.8 Å². The van der Waals surface area contributed by atoms with Crippen LogP contribution in [0.3, 0.4) is 0 Å². The number of amides is 1. The minimum absolute atomic E-state index is 0.0559. The average molecular weight is 497 g/mol. The third-order valence-corrected chi connectivity index (χ3v) is 8.40. The van der Waals surface area contributed by atoms with Crippen LogP contribution < -0.4 is 4.90 Å². The SMILES string of the molecule is CCc1ccc2nc(N(Cc3ccccc3)C(=O)CCCS(=O)(=O)c3ccc(F)cc3)sc2c1. The Morgan fingerprint density at radius 3 is 2.44 bits per heavy atom. The summed E-state index contributed by atoms with van der Waals surface area (Å²) in [6, 6.07) is 20.5. The molecule has 1 aromatic heterocycles. The van der Waals surface area contributed by atoms with Crippen LogP contribution >= 0.6 is 11.3 Å². The topological polar surface area (TPSA) is 67.3 Å². The predicted octanol–water partition coefficient (Wildman–Crippen LogP) is 5.79. The van der Waals surface area contributed by atoms with E-state index >= 15 is 0 Å². The number of hydrogen-bond donors (Lipinski definition) is 0. The highest BCUT2D eigenvalue weighted by molar-refractivity contribution is 7.91. The molecule has 3 aromatic carbocycles. The molecule has 4 aromatic rings. The van der Waals surface area contributed by atoms with E-state index < -0.39 is 15.7 Å². The smallest absolute Gasteiger partial charge is 0.229 e. The first kappa shape index (κ1) is 24.0. The van der Waals surface area contributed by atoms with E-state index in [-0.39, 0.29) is 29.4 Å². The van der Waals surface area contributed by atoms with Crippen LogP contribution in [0.4, 0.5) is 9.52 Å². The second-order valence-electron chi connectivity index (χ2n) is 7.99. The number of anilines is 1. The Bertz CT molecular complexity index is 1380. The van der Waals surface area contributed by atoms with Crippen molar-refractivity contribution < 1.29 is 17.6 Å². The molecule has 0 saturated heterocycles. The standard InChI is InChI=1S/C26H25FN2O3S2/c1-2-19-10-15-23-24(17-19)33-26(28-23)29(18-20-7-4-3-5-8-20)25(30)9-6-16-34(31,32)22-13-11-21(27)12-14-22/h3-5,7-8,10-15,17H,2,6,9,16,18H2,1H3. The van der Waals surface area contributed by atoms with Crippen molar-refractivity contribution in [2.75, 3.05) is 10.7 Å². The molecular formula is C26H25FN2O3S2. The number of carbonyl (C=O) groups is 1. The highest BCUT2D eigenvalue weighted by Gasteiger charge is 2.22. The Labute approximate surface area is 202 Å². The number of thiazole rings is 1. The fraction of sp³-hybridized carbons (Fsp3) is 0.231. The number of benzene rings is 3. The zero-order valence-corrected chi connectivity index (χ0v) is 20.4. The van der Waals surface area contributed by atoms with Gasteiger partial charge in [0.1, 0.15) is 5.82 Å². The molecule has 0 fully saturated rings. The van der Waals surface area contributed by atoms with Gasteiger partial charge in [-0.05, 0) is 60.4 Å². The minimum Gasteiger partial charge on any atom is -0.284 e. The summed E-state index contributed by atoms with van der Waals surface area (Å²) < 4.78 is 39.3. The summed E-state index contributed by atoms with van der Waals surface area (Å²) in [5.41, 5.74) is 3.00. The monoisotopic (exact) mass is 496 g/mol. The van der Waals surface area contributed by atoms with Gasteiger partial charge in [0.25, 0.3) is 0 Å². The Hall–Kier alpha value is -3.10. The Balaban J connectivity index is 1.53. The van der Waals surface area contributed by atoms with Gasteiger partial charge in [-0.3, -0.25) is 9.69 Å². The average Bonchev–Trinajstić information content (AvgIpc) is 3.26. The molecule has 34 heavy (non-hydrogen) atoms. The highest BCUT2D eigenvalue weighted by atomic mass is 32.2. The van der Waals surface area contributed by atoms with Gasteiger partial charge in [0, 0.05) is 6.42 Å². The summed E-state index contributed by atoms with van der Waals surface area (Å²) >= 11 is 1.46. The van der Waals surface area contributed by atoms with Crippen LogP contribution in [0.5, 0.6) is 0 Å². The second-order valence-corrected chi connectivity index (χ2v) is 11.1. The van der Waals surface area contributed by atoms with Gasteiger partial charge in [0.2, 0.25) is 5.91 Å². The summed E-state index contributed by atoms with van der Waals surface area (Å²) in [6.45, 7) is 2.44. The number of halogens is 1. The number of fused-ring (bicyclic) bond motifs is 1. The normalized spacial score (nSPS) is 11.6. The number of nitrogens with zero attached hydrogens (tertiary/aromatic N) is 2. The molecule has 0 aliphatic carbocycles. The van der Waals surface area contributed by atoms with Crippen LogP contribution in [0.1, 0.15) is 30.9 Å². The van der Waals surface area contributed by atoms with Gasteiger partial charge in [0.15, 0.2) is 15.0 Å². The van der Waals surface area contributed by atoms with Crippen LogP contribution in [-0.2, 0) is 27.6 Å². The molecule has 0 aliphatic heterocycles. The molecule has 8 heteroatoms. The second kappa shape index (κ2) is 10.4. The molecule has 176 valence electrons. The maximum atomic E-state index is 13.3. The van der Waals surface area contributed by atoms with Crippen molar-refractivity contribution in [1.29, 1.82) is 0 Å². The van der Waals surface area contributed by atoms with Crippen molar-refractivity contribution in [3.63, 3.8) is 0 Å². The van der Waals surface area contributed by atoms with Crippen molar-refractivity contribution in [2.45, 2.75) is 37.6 Å². The van der Waals surface area contributed by atoms with Gasteiger partial charge in [0.05, 0.1) is 27.4 Å². The molecule has 4 rings (SSSR count). The fourth-order valence-electron chi connectivity index (χ4n) is 3.63. The summed E-state index contributed by atoms with van der Waals surface area (Å²) in [7, 11) is -3.60. The van der Waals surface area contributed by atoms with E-state index in [4.69, 9.17) is 0 Å². The van der Waals surface area contributed by atoms with Crippen LogP contribution in [0.2, 0.25) is 0 Å². The van der Waals surface area contributed by atoms with Crippen molar-refractivity contribution >= 4 is 42.4 Å². The number of sulfone groups is 1. The number of hydrogen-bond acceptors (Lipinski definition) is 5. The lowest BCUT2D eigenvalue weighted by Gasteiger charge is -2.20. The molecule has 0 bridgehead atoms. The Kier molecular flexibility index (Phi) is 7.38. The van der Waals surface area contributed by atoms with Crippen LogP contribution in [0, 0.1) is 5.82 Å². The van der Waals surface area contributed by atoms with E-state index in [9.17, 15) is 17.6 Å². The molecule has 0 aliphatic rings. The summed E-state index contributed by atoms with van der Waals surface area (Å²) in [6.07, 6.45) is 1.14. The lowest BCUT2D eigenvalue weighted by Crippen LogP contribution is -2.30. The predicted molar refractivity (Wildman–Crippen MR) is 134 cm³/mol. The summed E-state index contributed by atoms with van der Waals surface area (Å²) in [5.74, 6) is -0.871. The lowest BCUT2D eigenvalue weighted by molar-refractivity contribution is -0.118. The van der Waals surface area contributed by atoms with Gasteiger partial charge in [-0.1, -0.05) is 54.7 Å². The molecule has 1 heterocycles. The van der Waals surface area contributed by atoms with E-state index in [2.05, 4.69) is 18.0 Å². The van der Waals surface area contributed by atoms with E-state index in [1.54, 1.807) is 4.90 Å². The molecule has 0 N–H and O–H groups in total. The van der Waals surface area contributed by atoms with Crippen molar-refractivity contribution in [3.8, 4) is 0 Å². The Morgan fingerprint density at radius 2 is 1.74 bits per heavy atom. The first-order valence-electron chi connectivity index (χ1n) is 11.1. The first-order valence-corrected chi connectivity index (χ1v) is 13.5. The zero-order chi connectivity index (χ0) is 24.1. The van der Waals surface area contributed by atoms with Crippen LogP contribution in [0.15, 0.2) is 77.7 Å². The number of aryl methyl sites for hydroxylation is 1. The zero-order valence-electron chi connectivity index (χ0n) is 18.8. The van der Waals surface area contributed by atoms with Crippen LogP contribution in [-0.4, -0.2) is 25.1 Å². The summed E-state index contributed by atoms with van der Waals surface area (Å²) in [4.78, 5) is 19.6. The maximum Gasteiger partial charge on any atom is 0.229 e. The summed E-state index contributed by atoms with van der Waals surface area (Å²) in [5, 5.41) is 0.596. The van der Waals surface area contributed by atoms with Crippen molar-refractivity contribution in [2.24, 2.45) is 0 Å². The molecule has 0 radical (unpaired) electrons. The van der Waals surface area contributed by atoms with E-state index in [1.807, 2.05) is 42.5 Å². The third kappa shape index (κ3) is 5.69. The first-order chi connectivity index (χ1) is 16.4. The third-order valence-electron chi connectivity index (χ3n) is 5.54. The van der Waals surface area contributed by atoms with Crippen molar-refractivity contribution in [1.82, 2.24) is 4.98 Å². The fourth-order valence-corrected chi connectivity index (χ4v) is 5.99. The molecular weight excluding hydrogens is 471 g/mol. The van der Waals surface area contributed by atoms with E-state index in [1.165, 1.54) is 29.0 Å². The van der Waals surface area contributed by atoms with Crippen molar-refractivity contribution in [3.05, 3.63) is 89.7 Å². The van der Waals surface area contributed by atoms with E-state index in [0.717, 1.165) is 34.3 Å². The van der Waals surface area contributed by atoms with Gasteiger partial charge in [-0.15, -0.1) is 0 Å². The number of rotatable bonds is 9. The lowest BCUT2D eigenvalue weighted by atomic mass is 10.2. The molecule has 5 nitrogen and oxygen atoms in total. The Morgan fingerprint density at radius 1 is 1.00 bits per heavy atom. The van der Waals surface area contributed by atoms with E-state index in [0.29, 0.717) is 11.7 Å². The molecule has 0 saturated carbocycles. The number of carbonyl (C=O) groups excluding carboxylic acids is 1. The highest BCUT2D eigenvalue weighted by Crippen LogP contribution is 2.31. The van der Waals surface area contributed by atoms with Gasteiger partial charge < -0.3 is 0 Å².